The fourth-order valence-corrected chi connectivity index (χ4v) is 4.43. The summed E-state index contributed by atoms with van der Waals surface area (Å²) in [5.41, 5.74) is 0.957. The molecule has 2 radical (unpaired) electrons. The van der Waals surface area contributed by atoms with Gasteiger partial charge in [0.25, 0.3) is 0 Å². The Kier molecular flexibility index (Phi) is 5.53. The summed E-state index contributed by atoms with van der Waals surface area (Å²) in [4.78, 5) is 13.5. The van der Waals surface area contributed by atoms with Crippen molar-refractivity contribution in [2.75, 3.05) is 20.6 Å². The molecule has 2 rings (SSSR count). The first-order valence-corrected chi connectivity index (χ1v) is 8.91. The summed E-state index contributed by atoms with van der Waals surface area (Å²) in [6.45, 7) is 6.94. The molecule has 2 aromatic carbocycles. The molecule has 25 heavy (non-hydrogen) atoms. The van der Waals surface area contributed by atoms with E-state index in [2.05, 4.69) is 38.1 Å². The topological polar surface area (TPSA) is 17.1 Å². The molecule has 0 saturated carbocycles. The Hall–Kier alpha value is -1.93. The Balaban J connectivity index is 2.84. The second kappa shape index (κ2) is 7.13. The molecule has 2 aromatic rings. The predicted octanol–water partition coefficient (Wildman–Crippen LogP) is 4.72. The lowest BCUT2D eigenvalue weighted by Gasteiger charge is -2.48. The molecule has 0 fully saturated rings. The molecule has 0 unspecified atom stereocenters. The van der Waals surface area contributed by atoms with E-state index in [4.69, 9.17) is 7.05 Å². The van der Waals surface area contributed by atoms with Crippen molar-refractivity contribution in [3.63, 3.8) is 0 Å². The van der Waals surface area contributed by atoms with Crippen molar-refractivity contribution >= 4 is 5.78 Å². The van der Waals surface area contributed by atoms with Crippen molar-refractivity contribution in [2.24, 2.45) is 5.41 Å². The number of carbonyl (C=O) groups excluding carboxylic acids is 1. The van der Waals surface area contributed by atoms with Crippen molar-refractivity contribution in [2.45, 2.75) is 32.6 Å². The van der Waals surface area contributed by atoms with Crippen LogP contribution in [0.1, 0.15) is 38.3 Å². The van der Waals surface area contributed by atoms with Crippen LogP contribution in [0, 0.1) is 12.5 Å². The zero-order chi connectivity index (χ0) is 18.7. The highest BCUT2D eigenvalue weighted by atomic mass is 16.1. The number of ketones is 1. The number of rotatable bonds is 7. The van der Waals surface area contributed by atoms with Crippen LogP contribution in [0.25, 0.3) is 0 Å². The van der Waals surface area contributed by atoms with Crippen molar-refractivity contribution in [3.8, 4) is 0 Å². The van der Waals surface area contributed by atoms with Gasteiger partial charge in [-0.3, -0.25) is 4.79 Å². The van der Waals surface area contributed by atoms with E-state index in [1.165, 1.54) is 0 Å². The maximum atomic E-state index is 13.5. The maximum Gasteiger partial charge on any atom is 0.206 e. The number of nitrogens with zero attached hydrogens (tertiary/aromatic N) is 1. The van der Waals surface area contributed by atoms with E-state index in [1.54, 1.807) is 0 Å². The summed E-state index contributed by atoms with van der Waals surface area (Å²) in [6, 6.07) is 20.3. The summed E-state index contributed by atoms with van der Waals surface area (Å²) >= 11 is 0. The van der Waals surface area contributed by atoms with Gasteiger partial charge in [0, 0.05) is 11.8 Å². The monoisotopic (exact) mass is 336 g/mol. The van der Waals surface area contributed by atoms with E-state index in [-0.39, 0.29) is 11.2 Å². The standard InChI is InChI=1S/C23H30NO/c1-7-21(25)23(19-14-10-8-11-15-19,20-16-12-9-13-17-20)22(2,3)18-24(4,5)6/h4,8-17H,7,18H2,1-3,5-6H3/q+1. The number of carbonyl (C=O) groups is 1. The quantitative estimate of drug-likeness (QED) is 0.669. The number of hydrogen-bond donors (Lipinski definition) is 0. The largest absolute Gasteiger partial charge is 0.315 e. The number of quaternary nitrogens is 1. The van der Waals surface area contributed by atoms with E-state index in [1.807, 2.05) is 57.4 Å². The Morgan fingerprint density at radius 2 is 1.32 bits per heavy atom. The highest BCUT2D eigenvalue weighted by molar-refractivity contribution is 5.94. The molecule has 0 heterocycles. The van der Waals surface area contributed by atoms with Gasteiger partial charge in [-0.15, -0.1) is 0 Å². The van der Waals surface area contributed by atoms with Crippen LogP contribution >= 0.6 is 0 Å². The number of hydrogen-bond acceptors (Lipinski definition) is 1. The summed E-state index contributed by atoms with van der Waals surface area (Å²) in [7, 11) is 10.3. The molecule has 0 atom stereocenters. The van der Waals surface area contributed by atoms with E-state index >= 15 is 0 Å². The molecule has 0 saturated heterocycles. The van der Waals surface area contributed by atoms with Gasteiger partial charge >= 0.3 is 0 Å². The third-order valence-electron chi connectivity index (χ3n) is 4.97. The average Bonchev–Trinajstić information content (AvgIpc) is 2.54. The molecule has 0 aromatic heterocycles. The minimum absolute atomic E-state index is 0.225. The van der Waals surface area contributed by atoms with E-state index in [0.29, 0.717) is 17.4 Å². The van der Waals surface area contributed by atoms with Gasteiger partial charge in [0.1, 0.15) is 5.78 Å². The van der Waals surface area contributed by atoms with Gasteiger partial charge in [0.15, 0.2) is 0 Å². The highest BCUT2D eigenvalue weighted by Crippen LogP contribution is 2.49. The first-order valence-electron chi connectivity index (χ1n) is 8.91. The van der Waals surface area contributed by atoms with E-state index in [0.717, 1.165) is 11.1 Å². The fourth-order valence-electron chi connectivity index (χ4n) is 4.43. The second-order valence-corrected chi connectivity index (χ2v) is 8.08. The SMILES string of the molecule is [CH][N+](C)(C)CC(C)(C)C(C(=O)CC)(c1ccccc1)c1ccccc1. The molecular formula is C23H30NO+. The van der Waals surface area contributed by atoms with E-state index in [9.17, 15) is 4.79 Å². The maximum absolute atomic E-state index is 13.5. The number of Topliss-reactive ketones (excluding diaryl/α,β-unsaturated/α-hetero) is 1. The first kappa shape index (κ1) is 19.4. The molecule has 132 valence electrons. The average molecular weight is 336 g/mol. The van der Waals surface area contributed by atoms with Gasteiger partial charge in [-0.1, -0.05) is 81.4 Å². The molecule has 0 amide bonds. The lowest BCUT2D eigenvalue weighted by molar-refractivity contribution is -0.852. The molecular weight excluding hydrogens is 306 g/mol. The lowest BCUT2D eigenvalue weighted by atomic mass is 9.55. The van der Waals surface area contributed by atoms with Crippen LogP contribution in [0.2, 0.25) is 0 Å². The summed E-state index contributed by atoms with van der Waals surface area (Å²) in [6.07, 6.45) is 0.477. The molecule has 2 heteroatoms. The van der Waals surface area contributed by atoms with Gasteiger partial charge in [-0.2, -0.15) is 0 Å². The Labute approximate surface area is 153 Å². The van der Waals surface area contributed by atoms with E-state index < -0.39 is 5.41 Å². The van der Waals surface area contributed by atoms with Crippen LogP contribution in [-0.2, 0) is 10.2 Å². The summed E-state index contributed by atoms with van der Waals surface area (Å²) in [5.74, 6) is 0.225. The Morgan fingerprint density at radius 3 is 1.64 bits per heavy atom. The zero-order valence-electron chi connectivity index (χ0n) is 16.1. The Bertz CT molecular complexity index is 656. The molecule has 0 spiro atoms. The third kappa shape index (κ3) is 3.69. The van der Waals surface area contributed by atoms with Crippen LogP contribution in [0.4, 0.5) is 0 Å². The normalized spacial score (nSPS) is 12.9. The molecule has 0 aliphatic carbocycles. The summed E-state index contributed by atoms with van der Waals surface area (Å²) < 4.78 is 0.311. The minimum Gasteiger partial charge on any atom is -0.315 e. The molecule has 0 aliphatic rings. The summed E-state index contributed by atoms with van der Waals surface area (Å²) in [5, 5.41) is 0. The second-order valence-electron chi connectivity index (χ2n) is 8.08. The van der Waals surface area contributed by atoms with Crippen LogP contribution in [0.3, 0.4) is 0 Å². The third-order valence-corrected chi connectivity index (χ3v) is 4.97. The van der Waals surface area contributed by atoms with Gasteiger partial charge in [-0.05, 0) is 11.1 Å². The van der Waals surface area contributed by atoms with Gasteiger partial charge in [-0.25, -0.2) is 0 Å². The highest BCUT2D eigenvalue weighted by Gasteiger charge is 2.54. The van der Waals surface area contributed by atoms with Crippen LogP contribution in [0.5, 0.6) is 0 Å². The zero-order valence-corrected chi connectivity index (χ0v) is 16.1. The number of benzene rings is 2. The molecule has 2 nitrogen and oxygen atoms in total. The van der Waals surface area contributed by atoms with Gasteiger partial charge in [0.05, 0.1) is 26.1 Å². The fraction of sp³-hybridized carbons (Fsp3) is 0.391. The minimum atomic E-state index is -0.737. The molecule has 0 aliphatic heterocycles. The lowest BCUT2D eigenvalue weighted by Crippen LogP contribution is -2.56. The smallest absolute Gasteiger partial charge is 0.206 e. The van der Waals surface area contributed by atoms with Crippen LogP contribution < -0.4 is 0 Å². The van der Waals surface area contributed by atoms with Crippen molar-refractivity contribution in [1.82, 2.24) is 0 Å². The molecule has 0 N–H and O–H groups in total. The Morgan fingerprint density at radius 1 is 0.920 bits per heavy atom. The van der Waals surface area contributed by atoms with Crippen LogP contribution in [-0.4, -0.2) is 30.9 Å². The van der Waals surface area contributed by atoms with Gasteiger partial charge in [0.2, 0.25) is 7.05 Å². The van der Waals surface area contributed by atoms with Crippen molar-refractivity contribution < 1.29 is 9.28 Å². The van der Waals surface area contributed by atoms with Gasteiger partial charge < -0.3 is 4.48 Å². The van der Waals surface area contributed by atoms with Crippen molar-refractivity contribution in [1.29, 1.82) is 0 Å². The van der Waals surface area contributed by atoms with Crippen molar-refractivity contribution in [3.05, 3.63) is 78.8 Å². The van der Waals surface area contributed by atoms with Crippen LogP contribution in [0.15, 0.2) is 60.7 Å². The predicted molar refractivity (Wildman–Crippen MR) is 104 cm³/mol. The first-order chi connectivity index (χ1) is 11.6. The molecule has 0 bridgehead atoms.